The van der Waals surface area contributed by atoms with Crippen LogP contribution in [0.5, 0.6) is 0 Å². The minimum absolute atomic E-state index is 0.0496. The van der Waals surface area contributed by atoms with E-state index in [4.69, 9.17) is 29.4 Å². The molecule has 4 heterocycles. The first-order valence-electron chi connectivity index (χ1n) is 21.7. The van der Waals surface area contributed by atoms with Crippen molar-refractivity contribution < 1.29 is 43.2 Å². The molecule has 2 aromatic rings. The fourth-order valence-corrected chi connectivity index (χ4v) is 9.61. The molecule has 3 fully saturated rings. The van der Waals surface area contributed by atoms with Crippen molar-refractivity contribution in [3.63, 3.8) is 0 Å². The summed E-state index contributed by atoms with van der Waals surface area (Å²) in [6, 6.07) is 8.32. The van der Waals surface area contributed by atoms with Gasteiger partial charge in [0.25, 0.3) is 0 Å². The maximum absolute atomic E-state index is 14.4. The van der Waals surface area contributed by atoms with Gasteiger partial charge in [-0.1, -0.05) is 38.1 Å². The van der Waals surface area contributed by atoms with Gasteiger partial charge < -0.3 is 39.8 Å². The number of likely N-dealkylation sites (N-methyl/N-ethyl adjacent to an activating group) is 1. The van der Waals surface area contributed by atoms with E-state index in [9.17, 15) is 24.8 Å². The van der Waals surface area contributed by atoms with E-state index in [1.807, 2.05) is 65.1 Å². The van der Waals surface area contributed by atoms with Crippen molar-refractivity contribution in [2.45, 2.75) is 154 Å². The first-order valence-corrected chi connectivity index (χ1v) is 21.7. The fraction of sp³-hybridized carbons (Fsp3) is 0.727. The normalized spacial score (nSPS) is 35.5. The van der Waals surface area contributed by atoms with Crippen molar-refractivity contribution in [2.24, 2.45) is 17.8 Å². The molecule has 0 aliphatic carbocycles. The van der Waals surface area contributed by atoms with Crippen LogP contribution in [0.2, 0.25) is 0 Å². The standard InChI is InChI=1S/C44H68N8O9/c1-11-35-44(8)38(52(42(56)61-44)19-13-12-18-51-25-33(48-49-51)31-15-14-16-32(46)22-31)30(6)47-24-26(2)23-43(7,57-10)39(28(4)36(53)29(5)40(55)59-35)60-41-37(54)34(21-27(3)58-41)50(9)20-17-45/h14-16,22,25-30,34-35,37-39,41,47,54H,11-13,18-21,23-24,46H2,1-10H3/t26-,27?,28+,29-,30-,34?,35-,37?,38-,39-,41+,43-,44-/m1/s1. The number of fused-ring (bicyclic) bond motifs is 1. The maximum atomic E-state index is 14.4. The van der Waals surface area contributed by atoms with Crippen LogP contribution in [0, 0.1) is 29.1 Å². The number of cyclic esters (lactones) is 1. The minimum atomic E-state index is -1.25. The highest BCUT2D eigenvalue weighted by Crippen LogP contribution is 2.40. The largest absolute Gasteiger partial charge is 0.458 e. The summed E-state index contributed by atoms with van der Waals surface area (Å²) < 4.78 is 33.3. The summed E-state index contributed by atoms with van der Waals surface area (Å²) in [5.74, 6) is -3.36. The number of benzene rings is 1. The SMILES string of the molecule is CC[C@H]1OC(=O)[C@H](C)C(=O)[C@H](C)[C@@H](O[C@@H]2OC(C)CC(N(C)CC#N)C2O)[C@](C)(OC)C[C@@H](C)CN[C@H](C)[C@H]2N(CCCCn3cc(-c4cccc(N)c4)nn3)C(=O)O[C@]12C. The number of hydrogen-bond acceptors (Lipinski definition) is 15. The number of rotatable bonds is 12. The molecule has 1 aromatic carbocycles. The van der Waals surface area contributed by atoms with E-state index in [1.54, 1.807) is 35.6 Å². The van der Waals surface area contributed by atoms with Gasteiger partial charge in [-0.15, -0.1) is 5.10 Å². The number of aromatic nitrogens is 3. The van der Waals surface area contributed by atoms with E-state index in [0.717, 1.165) is 11.3 Å². The first-order chi connectivity index (χ1) is 28.9. The average Bonchev–Trinajstić information content (AvgIpc) is 3.80. The van der Waals surface area contributed by atoms with E-state index in [1.165, 1.54) is 6.92 Å². The van der Waals surface area contributed by atoms with Gasteiger partial charge in [0.05, 0.1) is 42.7 Å². The zero-order chi connectivity index (χ0) is 44.8. The predicted molar refractivity (Wildman–Crippen MR) is 227 cm³/mol. The Morgan fingerprint density at radius 1 is 1.13 bits per heavy atom. The molecule has 3 aliphatic heterocycles. The molecule has 0 spiro atoms. The Hall–Kier alpha value is -4.18. The molecular formula is C44H68N8O9. The smallest absolute Gasteiger partial charge is 0.410 e. The molecule has 1 amide bonds. The van der Waals surface area contributed by atoms with Crippen molar-refractivity contribution in [1.82, 2.24) is 30.1 Å². The second-order valence-electron chi connectivity index (χ2n) is 17.9. The summed E-state index contributed by atoms with van der Waals surface area (Å²) in [6.45, 7) is 16.3. The number of nitrogens with zero attached hydrogens (tertiary/aromatic N) is 6. The second kappa shape index (κ2) is 20.3. The number of carbonyl (C=O) groups excluding carboxylic acids is 3. The number of nitrogens with two attached hydrogens (primary N) is 1. The Bertz CT molecular complexity index is 1860. The number of aliphatic hydroxyl groups excluding tert-OH is 1. The summed E-state index contributed by atoms with van der Waals surface area (Å²) in [5.41, 5.74) is 5.85. The van der Waals surface area contributed by atoms with E-state index in [0.29, 0.717) is 57.4 Å². The van der Waals surface area contributed by atoms with Crippen LogP contribution < -0.4 is 11.1 Å². The lowest BCUT2D eigenvalue weighted by Crippen LogP contribution is -2.61. The van der Waals surface area contributed by atoms with E-state index in [-0.39, 0.29) is 24.6 Å². The minimum Gasteiger partial charge on any atom is -0.458 e. The van der Waals surface area contributed by atoms with Gasteiger partial charge in [-0.3, -0.25) is 24.1 Å². The number of ketones is 1. The molecule has 0 bridgehead atoms. The second-order valence-corrected chi connectivity index (χ2v) is 17.9. The quantitative estimate of drug-likeness (QED) is 0.0898. The number of methoxy groups -OCH3 is 1. The summed E-state index contributed by atoms with van der Waals surface area (Å²) in [6.07, 6.45) is -0.498. The number of nitrogen functional groups attached to an aromatic ring is 1. The highest BCUT2D eigenvalue weighted by molar-refractivity contribution is 6.00. The molecule has 5 rings (SSSR count). The van der Waals surface area contributed by atoms with Crippen molar-refractivity contribution >= 4 is 23.5 Å². The molecule has 338 valence electrons. The van der Waals surface area contributed by atoms with Crippen LogP contribution >= 0.6 is 0 Å². The van der Waals surface area contributed by atoms with Gasteiger partial charge in [0.1, 0.15) is 23.8 Å². The zero-order valence-corrected chi connectivity index (χ0v) is 37.6. The van der Waals surface area contributed by atoms with Gasteiger partial charge in [-0.05, 0) is 98.4 Å². The van der Waals surface area contributed by atoms with Crippen molar-refractivity contribution in [3.05, 3.63) is 30.5 Å². The van der Waals surface area contributed by atoms with Crippen LogP contribution in [0.4, 0.5) is 10.5 Å². The number of aryl methyl sites for hydroxylation is 1. The highest BCUT2D eigenvalue weighted by atomic mass is 16.7. The number of carbonyl (C=O) groups is 3. The third-order valence-electron chi connectivity index (χ3n) is 13.0. The third kappa shape index (κ3) is 10.7. The molecular weight excluding hydrogens is 785 g/mol. The fourth-order valence-electron chi connectivity index (χ4n) is 9.61. The average molecular weight is 853 g/mol. The van der Waals surface area contributed by atoms with Crippen LogP contribution in [0.15, 0.2) is 30.5 Å². The molecule has 13 atom stereocenters. The Kier molecular flexibility index (Phi) is 16.0. The Labute approximate surface area is 360 Å². The summed E-state index contributed by atoms with van der Waals surface area (Å²) in [5, 5.41) is 33.2. The lowest BCUT2D eigenvalue weighted by atomic mass is 9.78. The molecule has 3 saturated heterocycles. The Morgan fingerprint density at radius 3 is 2.52 bits per heavy atom. The third-order valence-corrected chi connectivity index (χ3v) is 13.0. The van der Waals surface area contributed by atoms with Gasteiger partial charge in [0, 0.05) is 49.5 Å². The van der Waals surface area contributed by atoms with Crippen LogP contribution in [0.3, 0.4) is 0 Å². The number of anilines is 1. The first kappa shape index (κ1) is 47.9. The molecule has 17 heteroatoms. The molecule has 0 saturated carbocycles. The lowest BCUT2D eigenvalue weighted by molar-refractivity contribution is -0.295. The highest BCUT2D eigenvalue weighted by Gasteiger charge is 2.58. The molecule has 0 radical (unpaired) electrons. The number of hydrogen-bond donors (Lipinski definition) is 3. The number of unbranched alkanes of at least 4 members (excludes halogenated alkanes) is 1. The van der Waals surface area contributed by atoms with Crippen molar-refractivity contribution in [1.29, 1.82) is 5.26 Å². The van der Waals surface area contributed by atoms with Crippen molar-refractivity contribution in [3.8, 4) is 17.3 Å². The number of nitriles is 1. The number of esters is 1. The van der Waals surface area contributed by atoms with Crippen LogP contribution in [0.25, 0.3) is 11.3 Å². The molecule has 3 unspecified atom stereocenters. The van der Waals surface area contributed by atoms with Gasteiger partial charge in [0.2, 0.25) is 0 Å². The molecule has 1 aromatic heterocycles. The topological polar surface area (TPSA) is 217 Å². The number of amides is 1. The number of Topliss-reactive ketones (excluding diaryl/α,β-unsaturated/α-hetero) is 1. The summed E-state index contributed by atoms with van der Waals surface area (Å²) in [4.78, 5) is 45.8. The number of ether oxygens (including phenoxy) is 5. The van der Waals surface area contributed by atoms with Gasteiger partial charge in [0.15, 0.2) is 17.7 Å². The Morgan fingerprint density at radius 2 is 1.85 bits per heavy atom. The van der Waals surface area contributed by atoms with Crippen LogP contribution in [0.1, 0.15) is 87.5 Å². The van der Waals surface area contributed by atoms with Crippen LogP contribution in [-0.2, 0) is 39.8 Å². The lowest BCUT2D eigenvalue weighted by Gasteiger charge is -2.47. The monoisotopic (exact) mass is 853 g/mol. The maximum Gasteiger partial charge on any atom is 0.410 e. The number of nitrogens with one attached hydrogen (secondary N) is 1. The van der Waals surface area contributed by atoms with E-state index < -0.39 is 77.6 Å². The number of aliphatic hydroxyl groups is 1. The van der Waals surface area contributed by atoms with Gasteiger partial charge in [-0.25, -0.2) is 4.79 Å². The summed E-state index contributed by atoms with van der Waals surface area (Å²) >= 11 is 0. The molecule has 4 N–H and O–H groups in total. The van der Waals surface area contributed by atoms with Crippen molar-refractivity contribution in [2.75, 3.05) is 39.5 Å². The molecule has 61 heavy (non-hydrogen) atoms. The van der Waals surface area contributed by atoms with Crippen LogP contribution in [-0.4, -0.2) is 142 Å². The van der Waals surface area contributed by atoms with E-state index in [2.05, 4.69) is 28.6 Å². The predicted octanol–water partition coefficient (Wildman–Crippen LogP) is 4.18. The molecule has 17 nitrogen and oxygen atoms in total. The summed E-state index contributed by atoms with van der Waals surface area (Å²) in [7, 11) is 3.33. The van der Waals surface area contributed by atoms with E-state index >= 15 is 0 Å². The molecule has 3 aliphatic rings. The zero-order valence-electron chi connectivity index (χ0n) is 37.6. The van der Waals surface area contributed by atoms with Gasteiger partial charge >= 0.3 is 12.1 Å². The van der Waals surface area contributed by atoms with Gasteiger partial charge in [-0.2, -0.15) is 5.26 Å². The Balaban J connectivity index is 1.38.